The van der Waals surface area contributed by atoms with Crippen LogP contribution in [0.15, 0.2) is 52.7 Å². The second kappa shape index (κ2) is 13.5. The van der Waals surface area contributed by atoms with Crippen LogP contribution in [0, 0.1) is 0 Å². The van der Waals surface area contributed by atoms with Crippen LogP contribution in [-0.4, -0.2) is 93.7 Å². The molecule has 3 N–H and O–H groups in total. The Labute approximate surface area is 222 Å². The Kier molecular flexibility index (Phi) is 10.2. The van der Waals surface area contributed by atoms with E-state index in [1.54, 1.807) is 24.3 Å². The molecule has 1 unspecified atom stereocenters. The minimum Gasteiger partial charge on any atom is -0.352 e. The normalized spacial score (nSPS) is 15.1. The molecule has 0 fully saturated rings. The highest BCUT2D eigenvalue weighted by atomic mass is 16.2. The molecule has 0 spiro atoms. The number of carbonyl (C=O) groups is 4. The molecule has 3 amide bonds. The van der Waals surface area contributed by atoms with Crippen molar-refractivity contribution in [2.75, 3.05) is 59.7 Å². The first-order valence-electron chi connectivity index (χ1n) is 12.5. The highest BCUT2D eigenvalue weighted by molar-refractivity contribution is 6.23. The lowest BCUT2D eigenvalue weighted by Crippen LogP contribution is -2.38. The number of nitrogens with one attached hydrogen (secondary N) is 3. The van der Waals surface area contributed by atoms with Gasteiger partial charge in [0, 0.05) is 29.8 Å². The summed E-state index contributed by atoms with van der Waals surface area (Å²) in [5, 5.41) is 16.5. The Morgan fingerprint density at radius 1 is 0.868 bits per heavy atom. The van der Waals surface area contributed by atoms with Crippen LogP contribution in [0.4, 0.5) is 11.4 Å². The number of amides is 3. The highest BCUT2D eigenvalue weighted by Gasteiger charge is 2.34. The standard InChI is InChI=1S/C27H35N7O4/c1-33(2)13-7-11-28-25(36)18-15-19(26(37)29-12-8-14-34(3)4)17-20(16-18)31-32-23-24(35)21-9-5-6-10-22(21)30-27(23)38/h5-6,9-10,15-17,23H,7-8,11-14H2,1-4H3,(H,28,36)(H,29,37)(H,30,38). The summed E-state index contributed by atoms with van der Waals surface area (Å²) in [7, 11) is 7.82. The Morgan fingerprint density at radius 3 is 1.97 bits per heavy atom. The van der Waals surface area contributed by atoms with Gasteiger partial charge in [0.25, 0.3) is 17.7 Å². The number of rotatable bonds is 12. The molecule has 1 heterocycles. The van der Waals surface area contributed by atoms with Gasteiger partial charge in [-0.3, -0.25) is 19.2 Å². The maximum absolute atomic E-state index is 12.8. The molecule has 2 aromatic rings. The summed E-state index contributed by atoms with van der Waals surface area (Å²) in [4.78, 5) is 55.1. The van der Waals surface area contributed by atoms with Gasteiger partial charge in [-0.05, 0) is 84.5 Å². The molecule has 11 nitrogen and oxygen atoms in total. The molecule has 3 rings (SSSR count). The van der Waals surface area contributed by atoms with Crippen molar-refractivity contribution in [2.45, 2.75) is 18.9 Å². The number of anilines is 1. The fourth-order valence-electron chi connectivity index (χ4n) is 3.83. The van der Waals surface area contributed by atoms with Crippen LogP contribution in [0.5, 0.6) is 0 Å². The third-order valence-electron chi connectivity index (χ3n) is 5.81. The first kappa shape index (κ1) is 28.6. The Balaban J connectivity index is 1.81. The summed E-state index contributed by atoms with van der Waals surface area (Å²) < 4.78 is 0. The van der Waals surface area contributed by atoms with Crippen LogP contribution in [-0.2, 0) is 4.79 Å². The van der Waals surface area contributed by atoms with E-state index in [1.165, 1.54) is 18.2 Å². The summed E-state index contributed by atoms with van der Waals surface area (Å²) in [5.74, 6) is -1.78. The molecule has 1 aliphatic heterocycles. The number of Topliss-reactive ketones (excluding diaryl/α,β-unsaturated/α-hetero) is 1. The summed E-state index contributed by atoms with van der Waals surface area (Å²) in [5.41, 5.74) is 1.42. The smallest absolute Gasteiger partial charge is 0.259 e. The SMILES string of the molecule is CN(C)CCCNC(=O)c1cc(N=NC2C(=O)Nc3ccccc3C2=O)cc(C(=O)NCCCN(C)C)c1. The number of hydrogen-bond acceptors (Lipinski definition) is 8. The lowest BCUT2D eigenvalue weighted by molar-refractivity contribution is -0.116. The van der Waals surface area contributed by atoms with Crippen LogP contribution in [0.25, 0.3) is 0 Å². The number of fused-ring (bicyclic) bond motifs is 1. The minimum absolute atomic E-state index is 0.184. The molecule has 2 aromatic carbocycles. The van der Waals surface area contributed by atoms with Crippen molar-refractivity contribution in [1.29, 1.82) is 0 Å². The molecule has 0 bridgehead atoms. The maximum Gasteiger partial charge on any atom is 0.259 e. The monoisotopic (exact) mass is 521 g/mol. The Bertz CT molecular complexity index is 1160. The van der Waals surface area contributed by atoms with E-state index >= 15 is 0 Å². The van der Waals surface area contributed by atoms with E-state index in [9.17, 15) is 19.2 Å². The first-order chi connectivity index (χ1) is 18.2. The van der Waals surface area contributed by atoms with Crippen LogP contribution in [0.3, 0.4) is 0 Å². The van der Waals surface area contributed by atoms with Gasteiger partial charge in [-0.15, -0.1) is 0 Å². The van der Waals surface area contributed by atoms with Gasteiger partial charge in [-0.1, -0.05) is 12.1 Å². The molecule has 1 aliphatic rings. The molecule has 0 radical (unpaired) electrons. The number of carbonyl (C=O) groups excluding carboxylic acids is 4. The summed E-state index contributed by atoms with van der Waals surface area (Å²) >= 11 is 0. The average molecular weight is 522 g/mol. The summed E-state index contributed by atoms with van der Waals surface area (Å²) in [6, 6.07) is 9.76. The van der Waals surface area contributed by atoms with Crippen molar-refractivity contribution >= 4 is 34.9 Å². The van der Waals surface area contributed by atoms with Gasteiger partial charge < -0.3 is 25.8 Å². The average Bonchev–Trinajstić information content (AvgIpc) is 2.88. The topological polar surface area (TPSA) is 136 Å². The Morgan fingerprint density at radius 2 is 1.42 bits per heavy atom. The fraction of sp³-hybridized carbons (Fsp3) is 0.407. The van der Waals surface area contributed by atoms with Gasteiger partial charge >= 0.3 is 0 Å². The number of benzene rings is 2. The number of para-hydroxylation sites is 1. The van der Waals surface area contributed by atoms with E-state index < -0.39 is 17.7 Å². The van der Waals surface area contributed by atoms with Gasteiger partial charge in [-0.25, -0.2) is 0 Å². The molecule has 38 heavy (non-hydrogen) atoms. The molecule has 0 saturated heterocycles. The van der Waals surface area contributed by atoms with Crippen molar-refractivity contribution in [3.8, 4) is 0 Å². The van der Waals surface area contributed by atoms with Crippen molar-refractivity contribution < 1.29 is 19.2 Å². The van der Waals surface area contributed by atoms with Crippen molar-refractivity contribution in [3.05, 3.63) is 59.2 Å². The fourth-order valence-corrected chi connectivity index (χ4v) is 3.83. The van der Waals surface area contributed by atoms with Crippen molar-refractivity contribution in [1.82, 2.24) is 20.4 Å². The Hall–Kier alpha value is -3.96. The highest BCUT2D eigenvalue weighted by Crippen LogP contribution is 2.25. The zero-order valence-corrected chi connectivity index (χ0v) is 22.3. The van der Waals surface area contributed by atoms with Crippen LogP contribution < -0.4 is 16.0 Å². The zero-order valence-electron chi connectivity index (χ0n) is 22.3. The van der Waals surface area contributed by atoms with E-state index in [2.05, 4.69) is 26.2 Å². The second-order valence-electron chi connectivity index (χ2n) is 9.61. The van der Waals surface area contributed by atoms with Gasteiger partial charge in [0.05, 0.1) is 11.4 Å². The van der Waals surface area contributed by atoms with Gasteiger partial charge in [0.15, 0.2) is 0 Å². The molecule has 202 valence electrons. The maximum atomic E-state index is 12.8. The predicted molar refractivity (Wildman–Crippen MR) is 145 cm³/mol. The number of ketones is 1. The predicted octanol–water partition coefficient (Wildman–Crippen LogP) is 2.34. The van der Waals surface area contributed by atoms with Crippen LogP contribution >= 0.6 is 0 Å². The number of nitrogens with zero attached hydrogens (tertiary/aromatic N) is 4. The first-order valence-corrected chi connectivity index (χ1v) is 12.5. The lowest BCUT2D eigenvalue weighted by atomic mass is 9.98. The molecule has 0 aliphatic carbocycles. The largest absolute Gasteiger partial charge is 0.352 e. The zero-order chi connectivity index (χ0) is 27.7. The summed E-state index contributed by atoms with van der Waals surface area (Å²) in [6.45, 7) is 2.56. The van der Waals surface area contributed by atoms with Crippen molar-refractivity contribution in [2.24, 2.45) is 10.2 Å². The number of hydrogen-bond donors (Lipinski definition) is 3. The number of azo groups is 1. The molecular weight excluding hydrogens is 486 g/mol. The van der Waals surface area contributed by atoms with E-state index in [-0.39, 0.29) is 28.6 Å². The molecule has 0 saturated carbocycles. The second-order valence-corrected chi connectivity index (χ2v) is 9.61. The quantitative estimate of drug-likeness (QED) is 0.223. The molecular formula is C27H35N7O4. The third kappa shape index (κ3) is 8.02. The van der Waals surface area contributed by atoms with Gasteiger partial charge in [0.1, 0.15) is 0 Å². The van der Waals surface area contributed by atoms with E-state index in [0.29, 0.717) is 24.3 Å². The van der Waals surface area contributed by atoms with E-state index in [0.717, 1.165) is 25.9 Å². The molecule has 1 atom stereocenters. The van der Waals surface area contributed by atoms with E-state index in [4.69, 9.17) is 0 Å². The van der Waals surface area contributed by atoms with Gasteiger partial charge in [-0.2, -0.15) is 10.2 Å². The van der Waals surface area contributed by atoms with Crippen molar-refractivity contribution in [3.63, 3.8) is 0 Å². The lowest BCUT2D eigenvalue weighted by Gasteiger charge is -2.19. The van der Waals surface area contributed by atoms with Gasteiger partial charge in [0.2, 0.25) is 11.8 Å². The van der Waals surface area contributed by atoms with Crippen LogP contribution in [0.1, 0.15) is 43.9 Å². The minimum atomic E-state index is -1.36. The molecule has 11 heteroatoms. The van der Waals surface area contributed by atoms with Crippen LogP contribution in [0.2, 0.25) is 0 Å². The van der Waals surface area contributed by atoms with E-state index in [1.807, 2.05) is 38.0 Å². The summed E-state index contributed by atoms with van der Waals surface area (Å²) in [6.07, 6.45) is 1.52. The third-order valence-corrected chi connectivity index (χ3v) is 5.81. The molecule has 0 aromatic heterocycles.